The molecule has 5 nitrogen and oxygen atoms in total. The first-order valence-corrected chi connectivity index (χ1v) is 9.41. The lowest BCUT2D eigenvalue weighted by Crippen LogP contribution is -2.39. The SMILES string of the molecule is CN=C(NCCc1cccc(C(=O)N(C)C)c1)NC1CC1c1ccccc1.I. The number of amides is 1. The quantitative estimate of drug-likeness (QED) is 0.370. The highest BCUT2D eigenvalue weighted by Gasteiger charge is 2.38. The molecule has 2 unspecified atom stereocenters. The largest absolute Gasteiger partial charge is 0.356 e. The molecule has 6 heteroatoms. The van der Waals surface area contributed by atoms with Crippen LogP contribution in [0.4, 0.5) is 0 Å². The Morgan fingerprint density at radius 3 is 2.57 bits per heavy atom. The molecule has 1 aliphatic rings. The maximum absolute atomic E-state index is 12.1. The third kappa shape index (κ3) is 5.95. The minimum absolute atomic E-state index is 0. The zero-order valence-electron chi connectivity index (χ0n) is 16.7. The van der Waals surface area contributed by atoms with Crippen LogP contribution < -0.4 is 10.6 Å². The summed E-state index contributed by atoms with van der Waals surface area (Å²) in [6.07, 6.45) is 1.97. The maximum Gasteiger partial charge on any atom is 0.253 e. The Balaban J connectivity index is 0.00000280. The standard InChI is InChI=1S/C22H28N4O.HI/c1-23-22(25-20-15-19(20)17-9-5-4-6-10-17)24-13-12-16-8-7-11-18(14-16)21(27)26(2)3;/h4-11,14,19-20H,12-13,15H2,1-3H3,(H2,23,24,25);1H. The van der Waals surface area contributed by atoms with Crippen LogP contribution in [0.2, 0.25) is 0 Å². The fourth-order valence-electron chi connectivity index (χ4n) is 3.24. The highest BCUT2D eigenvalue weighted by Crippen LogP contribution is 2.40. The Bertz CT molecular complexity index is 807. The number of aliphatic imine (C=N–C) groups is 1. The lowest BCUT2D eigenvalue weighted by atomic mass is 10.1. The second kappa shape index (κ2) is 10.5. The van der Waals surface area contributed by atoms with Crippen LogP contribution in [0.15, 0.2) is 59.6 Å². The molecule has 0 bridgehead atoms. The van der Waals surface area contributed by atoms with Gasteiger partial charge in [-0.25, -0.2) is 0 Å². The van der Waals surface area contributed by atoms with Gasteiger partial charge < -0.3 is 15.5 Å². The molecule has 0 saturated heterocycles. The number of hydrogen-bond acceptors (Lipinski definition) is 2. The van der Waals surface area contributed by atoms with E-state index in [0.717, 1.165) is 36.5 Å². The molecule has 150 valence electrons. The van der Waals surface area contributed by atoms with Crippen molar-refractivity contribution in [3.8, 4) is 0 Å². The van der Waals surface area contributed by atoms with Gasteiger partial charge in [0.2, 0.25) is 0 Å². The molecule has 1 amide bonds. The van der Waals surface area contributed by atoms with E-state index in [0.29, 0.717) is 12.0 Å². The number of hydrogen-bond donors (Lipinski definition) is 2. The van der Waals surface area contributed by atoms with Crippen molar-refractivity contribution in [3.63, 3.8) is 0 Å². The Morgan fingerprint density at radius 2 is 1.89 bits per heavy atom. The van der Waals surface area contributed by atoms with Crippen molar-refractivity contribution >= 4 is 35.8 Å². The zero-order chi connectivity index (χ0) is 19.2. The molecule has 3 rings (SSSR count). The number of guanidine groups is 1. The normalized spacial score (nSPS) is 18.0. The third-order valence-corrected chi connectivity index (χ3v) is 4.85. The fraction of sp³-hybridized carbons (Fsp3) is 0.364. The number of carbonyl (C=O) groups excluding carboxylic acids is 1. The van der Waals surface area contributed by atoms with Crippen LogP contribution >= 0.6 is 24.0 Å². The Labute approximate surface area is 184 Å². The minimum Gasteiger partial charge on any atom is -0.356 e. The molecule has 2 N–H and O–H groups in total. The van der Waals surface area contributed by atoms with E-state index in [1.54, 1.807) is 26.0 Å². The average molecular weight is 492 g/mol. The topological polar surface area (TPSA) is 56.7 Å². The van der Waals surface area contributed by atoms with Crippen LogP contribution in [0, 0.1) is 0 Å². The third-order valence-electron chi connectivity index (χ3n) is 4.85. The van der Waals surface area contributed by atoms with Crippen LogP contribution in [0.5, 0.6) is 0 Å². The Hall–Kier alpha value is -2.09. The van der Waals surface area contributed by atoms with Gasteiger partial charge in [-0.05, 0) is 36.1 Å². The van der Waals surface area contributed by atoms with E-state index in [-0.39, 0.29) is 29.9 Å². The molecule has 1 fully saturated rings. The number of nitrogens with zero attached hydrogens (tertiary/aromatic N) is 2. The smallest absolute Gasteiger partial charge is 0.253 e. The van der Waals surface area contributed by atoms with Gasteiger partial charge in [0.15, 0.2) is 5.96 Å². The highest BCUT2D eigenvalue weighted by molar-refractivity contribution is 14.0. The van der Waals surface area contributed by atoms with Gasteiger partial charge in [-0.3, -0.25) is 9.79 Å². The highest BCUT2D eigenvalue weighted by atomic mass is 127. The molecule has 0 radical (unpaired) electrons. The lowest BCUT2D eigenvalue weighted by Gasteiger charge is -2.13. The molecule has 0 aliphatic heterocycles. The summed E-state index contributed by atoms with van der Waals surface area (Å²) in [6, 6.07) is 18.9. The minimum atomic E-state index is 0. The van der Waals surface area contributed by atoms with Crippen molar-refractivity contribution < 1.29 is 4.79 Å². The average Bonchev–Trinajstić information content (AvgIpc) is 3.46. The molecular weight excluding hydrogens is 463 g/mol. The number of carbonyl (C=O) groups is 1. The number of halogens is 1. The van der Waals surface area contributed by atoms with E-state index < -0.39 is 0 Å². The van der Waals surface area contributed by atoms with Gasteiger partial charge in [-0.15, -0.1) is 24.0 Å². The second-order valence-corrected chi connectivity index (χ2v) is 7.15. The molecule has 0 heterocycles. The van der Waals surface area contributed by atoms with Gasteiger partial charge in [-0.1, -0.05) is 42.5 Å². The first-order valence-electron chi connectivity index (χ1n) is 9.41. The summed E-state index contributed by atoms with van der Waals surface area (Å²) < 4.78 is 0. The van der Waals surface area contributed by atoms with Crippen LogP contribution in [0.1, 0.15) is 33.8 Å². The van der Waals surface area contributed by atoms with E-state index in [2.05, 4.69) is 52.0 Å². The molecule has 28 heavy (non-hydrogen) atoms. The summed E-state index contributed by atoms with van der Waals surface area (Å²) in [7, 11) is 5.34. The zero-order valence-corrected chi connectivity index (χ0v) is 19.0. The first-order chi connectivity index (χ1) is 13.1. The maximum atomic E-state index is 12.1. The van der Waals surface area contributed by atoms with Crippen LogP contribution in [-0.2, 0) is 6.42 Å². The van der Waals surface area contributed by atoms with E-state index in [4.69, 9.17) is 0 Å². The van der Waals surface area contributed by atoms with Crippen molar-refractivity contribution in [2.45, 2.75) is 24.8 Å². The van der Waals surface area contributed by atoms with E-state index in [9.17, 15) is 4.79 Å². The van der Waals surface area contributed by atoms with Crippen molar-refractivity contribution in [1.29, 1.82) is 0 Å². The van der Waals surface area contributed by atoms with Gasteiger partial charge in [0.25, 0.3) is 5.91 Å². The number of nitrogens with one attached hydrogen (secondary N) is 2. The van der Waals surface area contributed by atoms with Crippen molar-refractivity contribution in [1.82, 2.24) is 15.5 Å². The first kappa shape index (κ1) is 22.2. The van der Waals surface area contributed by atoms with Gasteiger partial charge in [0.05, 0.1) is 0 Å². The van der Waals surface area contributed by atoms with Crippen molar-refractivity contribution in [3.05, 3.63) is 71.3 Å². The molecule has 2 atom stereocenters. The van der Waals surface area contributed by atoms with Gasteiger partial charge in [0, 0.05) is 45.2 Å². The summed E-state index contributed by atoms with van der Waals surface area (Å²) in [5.41, 5.74) is 3.25. The summed E-state index contributed by atoms with van der Waals surface area (Å²) in [5, 5.41) is 6.87. The summed E-state index contributed by atoms with van der Waals surface area (Å²) >= 11 is 0. The molecule has 0 aromatic heterocycles. The van der Waals surface area contributed by atoms with Gasteiger partial charge in [0.1, 0.15) is 0 Å². The molecule has 0 spiro atoms. The monoisotopic (exact) mass is 492 g/mol. The van der Waals surface area contributed by atoms with Crippen LogP contribution in [0.3, 0.4) is 0 Å². The summed E-state index contributed by atoms with van der Waals surface area (Å²) in [5.74, 6) is 1.43. The predicted octanol–water partition coefficient (Wildman–Crippen LogP) is 3.27. The number of rotatable bonds is 6. The second-order valence-electron chi connectivity index (χ2n) is 7.15. The van der Waals surface area contributed by atoms with Crippen LogP contribution in [0.25, 0.3) is 0 Å². The van der Waals surface area contributed by atoms with Gasteiger partial charge >= 0.3 is 0 Å². The lowest BCUT2D eigenvalue weighted by molar-refractivity contribution is 0.0827. The number of benzene rings is 2. The Morgan fingerprint density at radius 1 is 1.14 bits per heavy atom. The van der Waals surface area contributed by atoms with E-state index in [1.165, 1.54) is 5.56 Å². The van der Waals surface area contributed by atoms with Crippen molar-refractivity contribution in [2.75, 3.05) is 27.7 Å². The van der Waals surface area contributed by atoms with E-state index in [1.807, 2.05) is 18.2 Å². The molecular formula is C22H29IN4O. The van der Waals surface area contributed by atoms with Crippen molar-refractivity contribution in [2.24, 2.45) is 4.99 Å². The Kier molecular flexibility index (Phi) is 8.29. The summed E-state index contributed by atoms with van der Waals surface area (Å²) in [4.78, 5) is 18.0. The molecule has 1 saturated carbocycles. The summed E-state index contributed by atoms with van der Waals surface area (Å²) in [6.45, 7) is 0.766. The molecule has 1 aliphatic carbocycles. The van der Waals surface area contributed by atoms with Crippen LogP contribution in [-0.4, -0.2) is 50.5 Å². The predicted molar refractivity (Wildman–Crippen MR) is 126 cm³/mol. The molecule has 2 aromatic carbocycles. The molecule has 2 aromatic rings. The van der Waals surface area contributed by atoms with Gasteiger partial charge in [-0.2, -0.15) is 0 Å². The van der Waals surface area contributed by atoms with E-state index >= 15 is 0 Å². The fourth-order valence-corrected chi connectivity index (χ4v) is 3.24.